The van der Waals surface area contributed by atoms with Crippen LogP contribution in [0.4, 0.5) is 0 Å². The largest absolute Gasteiger partial charge is 0.0623 e. The molecule has 88 valence electrons. The van der Waals surface area contributed by atoms with E-state index in [-0.39, 0.29) is 0 Å². The van der Waals surface area contributed by atoms with Crippen LogP contribution in [0.15, 0.2) is 18.2 Å². The van der Waals surface area contributed by atoms with E-state index in [4.69, 9.17) is 0 Å². The van der Waals surface area contributed by atoms with E-state index in [1.807, 2.05) is 0 Å². The highest BCUT2D eigenvalue weighted by Gasteiger charge is 2.25. The topological polar surface area (TPSA) is 0 Å². The van der Waals surface area contributed by atoms with Crippen LogP contribution in [-0.4, -0.2) is 0 Å². The Hall–Kier alpha value is -0.780. The summed E-state index contributed by atoms with van der Waals surface area (Å²) in [6, 6.07) is 7.03. The van der Waals surface area contributed by atoms with Gasteiger partial charge < -0.3 is 0 Å². The van der Waals surface area contributed by atoms with Gasteiger partial charge in [-0.3, -0.25) is 0 Å². The lowest BCUT2D eigenvalue weighted by molar-refractivity contribution is 0.250. The van der Waals surface area contributed by atoms with Crippen molar-refractivity contribution in [2.24, 2.45) is 11.8 Å². The minimum atomic E-state index is 0.811. The molecule has 3 atom stereocenters. The normalized spacial score (nSPS) is 30.4. The highest BCUT2D eigenvalue weighted by atomic mass is 14.3. The molecule has 2 rings (SSSR count). The Balaban J connectivity index is 2.15. The average molecular weight is 216 g/mol. The number of benzene rings is 1. The smallest absolute Gasteiger partial charge is 0.0159 e. The Kier molecular flexibility index (Phi) is 3.37. The van der Waals surface area contributed by atoms with Crippen LogP contribution in [0, 0.1) is 25.7 Å². The molecule has 0 nitrogen and oxygen atoms in total. The zero-order valence-electron chi connectivity index (χ0n) is 11.1. The summed E-state index contributed by atoms with van der Waals surface area (Å²) in [6.45, 7) is 9.25. The molecular weight excluding hydrogens is 192 g/mol. The fourth-order valence-corrected chi connectivity index (χ4v) is 2.87. The first kappa shape index (κ1) is 11.7. The Labute approximate surface area is 100 Å². The van der Waals surface area contributed by atoms with E-state index in [2.05, 4.69) is 45.9 Å². The van der Waals surface area contributed by atoms with Crippen LogP contribution in [0.3, 0.4) is 0 Å². The van der Waals surface area contributed by atoms with Crippen molar-refractivity contribution < 1.29 is 0 Å². The van der Waals surface area contributed by atoms with Crippen LogP contribution in [0.5, 0.6) is 0 Å². The van der Waals surface area contributed by atoms with Gasteiger partial charge in [-0.2, -0.15) is 0 Å². The fraction of sp³-hybridized carbons (Fsp3) is 0.625. The fourth-order valence-electron chi connectivity index (χ4n) is 2.87. The molecule has 0 N–H and O–H groups in total. The van der Waals surface area contributed by atoms with Crippen molar-refractivity contribution in [2.75, 3.05) is 0 Å². The van der Waals surface area contributed by atoms with Crippen molar-refractivity contribution in [2.45, 2.75) is 52.9 Å². The van der Waals surface area contributed by atoms with Crippen molar-refractivity contribution in [3.63, 3.8) is 0 Å². The lowest BCUT2D eigenvalue weighted by atomic mass is 9.73. The van der Waals surface area contributed by atoms with Crippen LogP contribution >= 0.6 is 0 Å². The predicted molar refractivity (Wildman–Crippen MR) is 70.8 cm³/mol. The molecule has 0 saturated heterocycles. The first-order valence-electron chi connectivity index (χ1n) is 6.65. The number of hydrogen-bond donors (Lipinski definition) is 0. The van der Waals surface area contributed by atoms with Gasteiger partial charge >= 0.3 is 0 Å². The zero-order chi connectivity index (χ0) is 11.7. The van der Waals surface area contributed by atoms with E-state index in [0.29, 0.717) is 0 Å². The first-order valence-corrected chi connectivity index (χ1v) is 6.65. The minimum Gasteiger partial charge on any atom is -0.0623 e. The SMILES string of the molecule is Cc1ccc(C2CCC(C)C(C)C2)cc1C. The number of rotatable bonds is 1. The lowest BCUT2D eigenvalue weighted by Crippen LogP contribution is -2.19. The summed E-state index contributed by atoms with van der Waals surface area (Å²) < 4.78 is 0. The summed E-state index contributed by atoms with van der Waals surface area (Å²) in [5.41, 5.74) is 4.44. The molecule has 3 unspecified atom stereocenters. The van der Waals surface area contributed by atoms with Gasteiger partial charge in [-0.25, -0.2) is 0 Å². The number of hydrogen-bond acceptors (Lipinski definition) is 0. The Morgan fingerprint density at radius 3 is 2.31 bits per heavy atom. The van der Waals surface area contributed by atoms with Gasteiger partial charge in [0.15, 0.2) is 0 Å². The molecule has 0 spiro atoms. The van der Waals surface area contributed by atoms with Gasteiger partial charge in [0, 0.05) is 0 Å². The predicted octanol–water partition coefficient (Wildman–Crippen LogP) is 4.84. The monoisotopic (exact) mass is 216 g/mol. The molecule has 0 bridgehead atoms. The van der Waals surface area contributed by atoms with E-state index >= 15 is 0 Å². The maximum atomic E-state index is 2.41. The van der Waals surface area contributed by atoms with Crippen molar-refractivity contribution in [3.05, 3.63) is 34.9 Å². The van der Waals surface area contributed by atoms with Crippen molar-refractivity contribution >= 4 is 0 Å². The molecule has 0 amide bonds. The van der Waals surface area contributed by atoms with Crippen LogP contribution < -0.4 is 0 Å². The molecule has 0 aliphatic heterocycles. The molecule has 0 heteroatoms. The van der Waals surface area contributed by atoms with E-state index in [9.17, 15) is 0 Å². The first-order chi connectivity index (χ1) is 7.58. The average Bonchev–Trinajstić information content (AvgIpc) is 2.26. The summed E-state index contributed by atoms with van der Waals surface area (Å²) in [7, 11) is 0. The summed E-state index contributed by atoms with van der Waals surface area (Å²) in [5.74, 6) is 2.62. The highest BCUT2D eigenvalue weighted by molar-refractivity contribution is 5.32. The molecule has 0 heterocycles. The molecule has 0 aromatic heterocycles. The van der Waals surface area contributed by atoms with Crippen molar-refractivity contribution in [1.29, 1.82) is 0 Å². The minimum absolute atomic E-state index is 0.811. The molecule has 16 heavy (non-hydrogen) atoms. The van der Waals surface area contributed by atoms with Crippen LogP contribution in [0.25, 0.3) is 0 Å². The zero-order valence-corrected chi connectivity index (χ0v) is 11.1. The second-order valence-corrected chi connectivity index (χ2v) is 5.81. The summed E-state index contributed by atoms with van der Waals surface area (Å²) in [4.78, 5) is 0. The third-order valence-corrected chi connectivity index (χ3v) is 4.60. The number of aryl methyl sites for hydroxylation is 2. The van der Waals surface area contributed by atoms with Gasteiger partial charge in [0.05, 0.1) is 0 Å². The molecule has 1 saturated carbocycles. The van der Waals surface area contributed by atoms with Crippen LogP contribution in [0.1, 0.15) is 55.7 Å². The maximum absolute atomic E-state index is 2.41. The Bertz CT molecular complexity index is 364. The summed E-state index contributed by atoms with van der Waals surface area (Å²) in [6.07, 6.45) is 4.16. The van der Waals surface area contributed by atoms with Gasteiger partial charge in [0.2, 0.25) is 0 Å². The summed E-state index contributed by atoms with van der Waals surface area (Å²) in [5, 5.41) is 0. The maximum Gasteiger partial charge on any atom is -0.0159 e. The lowest BCUT2D eigenvalue weighted by Gasteiger charge is -2.32. The van der Waals surface area contributed by atoms with Gasteiger partial charge in [0.1, 0.15) is 0 Å². The van der Waals surface area contributed by atoms with Gasteiger partial charge in [-0.1, -0.05) is 32.0 Å². The highest BCUT2D eigenvalue weighted by Crippen LogP contribution is 2.39. The second-order valence-electron chi connectivity index (χ2n) is 5.81. The molecule has 1 aromatic carbocycles. The third kappa shape index (κ3) is 2.31. The molecular formula is C16H24. The molecule has 1 aliphatic carbocycles. The van der Waals surface area contributed by atoms with E-state index < -0.39 is 0 Å². The third-order valence-electron chi connectivity index (χ3n) is 4.60. The Morgan fingerprint density at radius 2 is 1.69 bits per heavy atom. The van der Waals surface area contributed by atoms with E-state index in [1.165, 1.54) is 30.4 Å². The van der Waals surface area contributed by atoms with Crippen LogP contribution in [0.2, 0.25) is 0 Å². The summed E-state index contributed by atoms with van der Waals surface area (Å²) >= 11 is 0. The van der Waals surface area contributed by atoms with Crippen molar-refractivity contribution in [1.82, 2.24) is 0 Å². The van der Waals surface area contributed by atoms with Crippen LogP contribution in [-0.2, 0) is 0 Å². The van der Waals surface area contributed by atoms with Gasteiger partial charge in [-0.05, 0) is 67.6 Å². The van der Waals surface area contributed by atoms with Crippen molar-refractivity contribution in [3.8, 4) is 0 Å². The quantitative estimate of drug-likeness (QED) is 0.630. The van der Waals surface area contributed by atoms with Gasteiger partial charge in [0.25, 0.3) is 0 Å². The molecule has 1 aromatic rings. The Morgan fingerprint density at radius 1 is 0.938 bits per heavy atom. The van der Waals surface area contributed by atoms with E-state index in [1.54, 1.807) is 5.56 Å². The molecule has 1 fully saturated rings. The second kappa shape index (κ2) is 4.61. The standard InChI is InChI=1S/C16H24/c1-11-5-7-15(9-13(11)3)16-8-6-12(2)14(4)10-16/h5,7,9,12,14,16H,6,8,10H2,1-4H3. The van der Waals surface area contributed by atoms with Gasteiger partial charge in [-0.15, -0.1) is 0 Å². The molecule has 0 radical (unpaired) electrons. The molecule has 1 aliphatic rings. The van der Waals surface area contributed by atoms with E-state index in [0.717, 1.165) is 17.8 Å².